The number of nitrogens with zero attached hydrogens (tertiary/aromatic N) is 1. The molecule has 0 amide bonds. The van der Waals surface area contributed by atoms with Crippen LogP contribution in [0.4, 0.5) is 0 Å². The van der Waals surface area contributed by atoms with Crippen molar-refractivity contribution in [1.82, 2.24) is 9.03 Å². The summed E-state index contributed by atoms with van der Waals surface area (Å²) in [7, 11) is -3.41. The van der Waals surface area contributed by atoms with E-state index in [1.165, 1.54) is 4.31 Å². The van der Waals surface area contributed by atoms with Crippen LogP contribution in [0.2, 0.25) is 0 Å². The van der Waals surface area contributed by atoms with Gasteiger partial charge in [0.25, 0.3) is 10.2 Å². The van der Waals surface area contributed by atoms with Gasteiger partial charge in [-0.1, -0.05) is 0 Å². The van der Waals surface area contributed by atoms with Gasteiger partial charge in [0, 0.05) is 12.1 Å². The standard InChI is InChI=1S/C8H19N3O2S/c1-8(2,3)10-14(12,13)11-6-4-5-7(11)9/h7,10H,4-6,9H2,1-3H3. The SMILES string of the molecule is CC(C)(C)NS(=O)(=O)N1CCCC1N. The van der Waals surface area contributed by atoms with Gasteiger partial charge in [0.1, 0.15) is 0 Å². The van der Waals surface area contributed by atoms with Crippen molar-refractivity contribution in [2.45, 2.75) is 45.3 Å². The topological polar surface area (TPSA) is 75.4 Å². The quantitative estimate of drug-likeness (QED) is 0.689. The maximum atomic E-state index is 11.8. The van der Waals surface area contributed by atoms with Crippen molar-refractivity contribution in [2.24, 2.45) is 5.73 Å². The molecule has 6 heteroatoms. The smallest absolute Gasteiger partial charge is 0.281 e. The molecule has 0 aliphatic carbocycles. The lowest BCUT2D eigenvalue weighted by molar-refractivity contribution is 0.372. The van der Waals surface area contributed by atoms with Gasteiger partial charge in [0.2, 0.25) is 0 Å². The Morgan fingerprint density at radius 3 is 2.36 bits per heavy atom. The van der Waals surface area contributed by atoms with Crippen LogP contribution in [0.5, 0.6) is 0 Å². The van der Waals surface area contributed by atoms with Crippen LogP contribution in [-0.4, -0.2) is 31.0 Å². The summed E-state index contributed by atoms with van der Waals surface area (Å²) in [5.74, 6) is 0. The van der Waals surface area contributed by atoms with Crippen LogP contribution in [0.3, 0.4) is 0 Å². The Morgan fingerprint density at radius 2 is 2.00 bits per heavy atom. The van der Waals surface area contributed by atoms with Crippen LogP contribution in [0, 0.1) is 0 Å². The fourth-order valence-corrected chi connectivity index (χ4v) is 3.23. The lowest BCUT2D eigenvalue weighted by atomic mass is 10.1. The van der Waals surface area contributed by atoms with E-state index >= 15 is 0 Å². The average Bonchev–Trinajstić information content (AvgIpc) is 2.29. The predicted octanol–water partition coefficient (Wildman–Crippen LogP) is -0.0001000. The number of nitrogens with one attached hydrogen (secondary N) is 1. The van der Waals surface area contributed by atoms with E-state index in [4.69, 9.17) is 5.73 Å². The van der Waals surface area contributed by atoms with E-state index in [-0.39, 0.29) is 6.17 Å². The van der Waals surface area contributed by atoms with E-state index in [1.54, 1.807) is 0 Å². The minimum absolute atomic E-state index is 0.366. The molecule has 1 heterocycles. The summed E-state index contributed by atoms with van der Waals surface area (Å²) in [6.07, 6.45) is 1.21. The monoisotopic (exact) mass is 221 g/mol. The zero-order chi connectivity index (χ0) is 11.0. The molecule has 1 fully saturated rings. The Hall–Kier alpha value is -0.170. The summed E-state index contributed by atoms with van der Waals surface area (Å²) in [4.78, 5) is 0. The van der Waals surface area contributed by atoms with Gasteiger partial charge < -0.3 is 5.73 Å². The maximum Gasteiger partial charge on any atom is 0.281 e. The summed E-state index contributed by atoms with van der Waals surface area (Å²) in [5, 5.41) is 0. The minimum Gasteiger partial charge on any atom is -0.315 e. The maximum absolute atomic E-state index is 11.8. The number of nitrogens with two attached hydrogens (primary N) is 1. The Kier molecular flexibility index (Phi) is 3.20. The van der Waals surface area contributed by atoms with E-state index in [9.17, 15) is 8.42 Å². The third-order valence-electron chi connectivity index (χ3n) is 1.99. The van der Waals surface area contributed by atoms with Crippen molar-refractivity contribution in [1.29, 1.82) is 0 Å². The van der Waals surface area contributed by atoms with Gasteiger partial charge >= 0.3 is 0 Å². The molecule has 1 saturated heterocycles. The van der Waals surface area contributed by atoms with Gasteiger partial charge in [-0.25, -0.2) is 0 Å². The number of hydrogen-bond donors (Lipinski definition) is 2. The molecule has 14 heavy (non-hydrogen) atoms. The van der Waals surface area contributed by atoms with E-state index in [1.807, 2.05) is 20.8 Å². The minimum atomic E-state index is -3.41. The number of hydrogen-bond acceptors (Lipinski definition) is 3. The predicted molar refractivity (Wildman–Crippen MR) is 55.7 cm³/mol. The average molecular weight is 221 g/mol. The van der Waals surface area contributed by atoms with Gasteiger partial charge in [0.05, 0.1) is 6.17 Å². The van der Waals surface area contributed by atoms with E-state index in [0.29, 0.717) is 6.54 Å². The molecule has 3 N–H and O–H groups in total. The highest BCUT2D eigenvalue weighted by Gasteiger charge is 2.33. The van der Waals surface area contributed by atoms with Crippen molar-refractivity contribution in [3.8, 4) is 0 Å². The second-order valence-electron chi connectivity index (χ2n) is 4.68. The van der Waals surface area contributed by atoms with Gasteiger partial charge in [0.15, 0.2) is 0 Å². The molecule has 1 atom stereocenters. The first-order valence-electron chi connectivity index (χ1n) is 4.79. The zero-order valence-electron chi connectivity index (χ0n) is 8.95. The van der Waals surface area contributed by atoms with E-state index in [2.05, 4.69) is 4.72 Å². The van der Waals surface area contributed by atoms with Gasteiger partial charge in [-0.05, 0) is 33.6 Å². The largest absolute Gasteiger partial charge is 0.315 e. The lowest BCUT2D eigenvalue weighted by Gasteiger charge is -2.27. The molecular weight excluding hydrogens is 202 g/mol. The molecule has 0 saturated carbocycles. The van der Waals surface area contributed by atoms with Crippen molar-refractivity contribution in [3.63, 3.8) is 0 Å². The molecular formula is C8H19N3O2S. The highest BCUT2D eigenvalue weighted by molar-refractivity contribution is 7.87. The second-order valence-corrected chi connectivity index (χ2v) is 6.30. The first kappa shape index (κ1) is 11.9. The molecule has 0 bridgehead atoms. The van der Waals surface area contributed by atoms with Crippen molar-refractivity contribution >= 4 is 10.2 Å². The Labute approximate surface area is 85.8 Å². The summed E-state index contributed by atoms with van der Waals surface area (Å²) in [6, 6.07) is 0. The first-order valence-corrected chi connectivity index (χ1v) is 6.23. The third-order valence-corrected chi connectivity index (χ3v) is 3.93. The Morgan fingerprint density at radius 1 is 1.43 bits per heavy atom. The second kappa shape index (κ2) is 3.77. The molecule has 0 radical (unpaired) electrons. The summed E-state index contributed by atoms with van der Waals surface area (Å²) < 4.78 is 27.5. The van der Waals surface area contributed by atoms with Crippen molar-refractivity contribution in [3.05, 3.63) is 0 Å². The molecule has 0 aromatic heterocycles. The Bertz CT molecular complexity index is 294. The molecule has 0 spiro atoms. The zero-order valence-corrected chi connectivity index (χ0v) is 9.76. The molecule has 1 aliphatic heterocycles. The van der Waals surface area contributed by atoms with Gasteiger partial charge in [-0.15, -0.1) is 0 Å². The third kappa shape index (κ3) is 2.91. The molecule has 1 unspecified atom stereocenters. The first-order chi connectivity index (χ1) is 6.22. The fourth-order valence-electron chi connectivity index (χ4n) is 1.51. The molecule has 5 nitrogen and oxygen atoms in total. The molecule has 0 aromatic carbocycles. The van der Waals surface area contributed by atoms with Crippen LogP contribution < -0.4 is 10.5 Å². The Balaban J connectivity index is 2.75. The van der Waals surface area contributed by atoms with Gasteiger partial charge in [-0.2, -0.15) is 17.4 Å². The van der Waals surface area contributed by atoms with Crippen molar-refractivity contribution < 1.29 is 8.42 Å². The molecule has 0 aromatic rings. The van der Waals surface area contributed by atoms with Crippen LogP contribution in [-0.2, 0) is 10.2 Å². The normalized spacial score (nSPS) is 25.6. The van der Waals surface area contributed by atoms with Crippen LogP contribution in [0.1, 0.15) is 33.6 Å². The van der Waals surface area contributed by atoms with E-state index in [0.717, 1.165) is 12.8 Å². The van der Waals surface area contributed by atoms with E-state index < -0.39 is 15.7 Å². The van der Waals surface area contributed by atoms with Crippen molar-refractivity contribution in [2.75, 3.05) is 6.54 Å². The lowest BCUT2D eigenvalue weighted by Crippen LogP contribution is -2.52. The van der Waals surface area contributed by atoms with Crippen LogP contribution in [0.25, 0.3) is 0 Å². The summed E-state index contributed by atoms with van der Waals surface area (Å²) in [6.45, 7) is 5.96. The van der Waals surface area contributed by atoms with Crippen LogP contribution in [0.15, 0.2) is 0 Å². The van der Waals surface area contributed by atoms with Gasteiger partial charge in [-0.3, -0.25) is 0 Å². The summed E-state index contributed by atoms with van der Waals surface area (Å²) in [5.41, 5.74) is 5.23. The molecule has 1 aliphatic rings. The van der Waals surface area contributed by atoms with Crippen LogP contribution >= 0.6 is 0 Å². The highest BCUT2D eigenvalue weighted by Crippen LogP contribution is 2.17. The number of rotatable bonds is 2. The fraction of sp³-hybridized carbons (Fsp3) is 1.00. The highest BCUT2D eigenvalue weighted by atomic mass is 32.2. The molecule has 1 rings (SSSR count). The summed E-state index contributed by atoms with van der Waals surface area (Å²) >= 11 is 0. The molecule has 84 valence electrons.